The molecule has 4 aliphatic heterocycles. The lowest BCUT2D eigenvalue weighted by Crippen LogP contribution is -2.64. The Hall–Kier alpha value is -0.440. The van der Waals surface area contributed by atoms with Crippen molar-refractivity contribution in [3.63, 3.8) is 0 Å². The summed E-state index contributed by atoms with van der Waals surface area (Å²) in [6.07, 6.45) is 8.78. The average molecular weight is 349 g/mol. The summed E-state index contributed by atoms with van der Waals surface area (Å²) in [4.78, 5) is 17.2. The molecule has 1 amide bonds. The fourth-order valence-electron chi connectivity index (χ4n) is 5.10. The van der Waals surface area contributed by atoms with Crippen LogP contribution < -0.4 is 14.0 Å². The zero-order valence-corrected chi connectivity index (χ0v) is 14.0. The molecule has 4 rings (SSSR count). The molecule has 4 heterocycles. The zero-order valence-electron chi connectivity index (χ0n) is 13.2. The minimum atomic E-state index is -4.69. The molecular weight excluding hydrogens is 324 g/mol. The Morgan fingerprint density at radius 1 is 1.00 bits per heavy atom. The molecule has 23 heavy (non-hydrogen) atoms. The zero-order chi connectivity index (χ0) is 16.6. The molecule has 4 atom stereocenters. The van der Waals surface area contributed by atoms with Gasteiger partial charge in [-0.15, -0.1) is 0 Å². The molecule has 0 aromatic carbocycles. The second kappa shape index (κ2) is 6.82. The number of amides is 1. The summed E-state index contributed by atoms with van der Waals surface area (Å²) in [5, 5.41) is 0. The van der Waals surface area contributed by atoms with E-state index in [2.05, 4.69) is 9.80 Å². The normalized spacial score (nSPS) is 37.4. The fraction of sp³-hybridized carbons (Fsp3) is 0.933. The number of halogens is 1. The molecule has 4 saturated heterocycles. The molecule has 0 aromatic heterocycles. The van der Waals surface area contributed by atoms with Crippen molar-refractivity contribution >= 4 is 5.91 Å². The Bertz CT molecular complexity index is 438. The summed E-state index contributed by atoms with van der Waals surface area (Å²) in [5.41, 5.74) is 0. The maximum Gasteiger partial charge on any atom is 0.222 e. The van der Waals surface area contributed by atoms with Crippen LogP contribution in [0.4, 0.5) is 0 Å². The van der Waals surface area contributed by atoms with Gasteiger partial charge in [0.25, 0.3) is 0 Å². The third-order valence-corrected chi connectivity index (χ3v) is 5.87. The van der Waals surface area contributed by atoms with Gasteiger partial charge in [0.15, 0.2) is 0 Å². The van der Waals surface area contributed by atoms with Gasteiger partial charge in [0.05, 0.1) is 14.9 Å². The van der Waals surface area contributed by atoms with E-state index in [9.17, 15) is 4.79 Å². The van der Waals surface area contributed by atoms with E-state index in [4.69, 9.17) is 18.6 Å². The maximum absolute atomic E-state index is 12.1. The van der Waals surface area contributed by atoms with E-state index in [0.717, 1.165) is 37.3 Å². The first-order valence-corrected chi connectivity index (χ1v) is 9.76. The lowest BCUT2D eigenvalue weighted by molar-refractivity contribution is -1.92. The molecule has 0 saturated carbocycles. The lowest BCUT2D eigenvalue weighted by atomic mass is 9.71. The highest BCUT2D eigenvalue weighted by Crippen LogP contribution is 2.42. The second-order valence-corrected chi connectivity index (χ2v) is 8.01. The van der Waals surface area contributed by atoms with E-state index in [1.807, 2.05) is 0 Å². The first-order valence-electron chi connectivity index (χ1n) is 8.49. The van der Waals surface area contributed by atoms with E-state index in [1.54, 1.807) is 0 Å². The smallest absolute Gasteiger partial charge is 0.222 e. The molecule has 8 heteroatoms. The predicted octanol–water partition coefficient (Wildman–Crippen LogP) is -2.25. The van der Waals surface area contributed by atoms with Crippen molar-refractivity contribution < 1.29 is 33.7 Å². The van der Waals surface area contributed by atoms with Crippen LogP contribution in [0.1, 0.15) is 44.9 Å². The Kier molecular flexibility index (Phi) is 5.15. The third-order valence-electron chi connectivity index (χ3n) is 5.87. The van der Waals surface area contributed by atoms with Gasteiger partial charge < -0.3 is 4.90 Å². The minimum Gasteiger partial charge on any atom is -0.339 e. The highest BCUT2D eigenvalue weighted by atomic mass is 35.7. The topological polar surface area (TPSA) is 113 Å². The van der Waals surface area contributed by atoms with Gasteiger partial charge >= 0.3 is 0 Å². The molecule has 1 N–H and O–H groups in total. The van der Waals surface area contributed by atoms with Crippen LogP contribution >= 0.6 is 0 Å². The van der Waals surface area contributed by atoms with E-state index in [0.29, 0.717) is 11.9 Å². The van der Waals surface area contributed by atoms with Crippen LogP contribution in [0, 0.1) is 22.1 Å². The first kappa shape index (κ1) is 17.4. The number of hydrogen-bond donors (Lipinski definition) is 1. The van der Waals surface area contributed by atoms with Crippen LogP contribution in [0.25, 0.3) is 0 Å². The van der Waals surface area contributed by atoms with Crippen molar-refractivity contribution in [2.75, 3.05) is 19.6 Å². The Morgan fingerprint density at radius 3 is 2.39 bits per heavy atom. The SMILES string of the molecule is O=C1CCCC2C3CC(CN12)[C@@H]1CCCCN1C3.[O-][Cl+3]([O-])([O-])O. The van der Waals surface area contributed by atoms with Gasteiger partial charge in [0.1, 0.15) is 0 Å². The lowest BCUT2D eigenvalue weighted by Gasteiger charge is -2.56. The maximum atomic E-state index is 12.1. The quantitative estimate of drug-likeness (QED) is 0.529. The van der Waals surface area contributed by atoms with Crippen molar-refractivity contribution in [2.45, 2.75) is 57.0 Å². The summed E-state index contributed by atoms with van der Waals surface area (Å²) in [6, 6.07) is 1.39. The van der Waals surface area contributed by atoms with Crippen molar-refractivity contribution in [3.05, 3.63) is 0 Å². The number of hydrogen-bond acceptors (Lipinski definition) is 6. The third kappa shape index (κ3) is 4.15. The summed E-state index contributed by atoms with van der Waals surface area (Å²) in [5.74, 6) is 2.01. The van der Waals surface area contributed by atoms with E-state index < -0.39 is 10.2 Å². The molecule has 2 bridgehead atoms. The number of rotatable bonds is 0. The van der Waals surface area contributed by atoms with Gasteiger partial charge in [-0.25, -0.2) is 0 Å². The van der Waals surface area contributed by atoms with Gasteiger partial charge in [0.2, 0.25) is 5.91 Å². The van der Waals surface area contributed by atoms with Gasteiger partial charge in [-0.2, -0.15) is 14.0 Å². The molecule has 7 nitrogen and oxygen atoms in total. The molecular formula is C15H25ClN2O5. The summed E-state index contributed by atoms with van der Waals surface area (Å²) in [7, 11) is -4.69. The van der Waals surface area contributed by atoms with Crippen LogP contribution in [0.15, 0.2) is 0 Å². The van der Waals surface area contributed by atoms with Gasteiger partial charge in [-0.3, -0.25) is 9.69 Å². The van der Waals surface area contributed by atoms with Crippen molar-refractivity contribution in [1.29, 1.82) is 0 Å². The first-order chi connectivity index (χ1) is 10.8. The molecule has 0 radical (unpaired) electrons. The van der Waals surface area contributed by atoms with Crippen molar-refractivity contribution in [2.24, 2.45) is 11.8 Å². The monoisotopic (exact) mass is 348 g/mol. The van der Waals surface area contributed by atoms with Crippen LogP contribution in [0.3, 0.4) is 0 Å². The van der Waals surface area contributed by atoms with Gasteiger partial charge in [0, 0.05) is 31.6 Å². The molecule has 4 aliphatic rings. The molecule has 132 valence electrons. The van der Waals surface area contributed by atoms with Crippen molar-refractivity contribution in [1.82, 2.24) is 9.80 Å². The van der Waals surface area contributed by atoms with Gasteiger partial charge in [-0.1, -0.05) is 6.42 Å². The Balaban J connectivity index is 0.000000276. The second-order valence-electron chi connectivity index (χ2n) is 7.22. The number of carbonyl (C=O) groups is 1. The number of fused-ring (bicyclic) bond motifs is 6. The van der Waals surface area contributed by atoms with E-state index >= 15 is 0 Å². The average Bonchev–Trinajstić information content (AvgIpc) is 2.47. The van der Waals surface area contributed by atoms with Crippen molar-refractivity contribution in [3.8, 4) is 0 Å². The summed E-state index contributed by atoms with van der Waals surface area (Å²) in [6.45, 7) is 3.66. The number of nitrogens with zero attached hydrogens (tertiary/aromatic N) is 2. The molecule has 0 spiro atoms. The van der Waals surface area contributed by atoms with Crippen LogP contribution in [-0.2, 0) is 4.79 Å². The molecule has 3 unspecified atom stereocenters. The molecule has 4 fully saturated rings. The van der Waals surface area contributed by atoms with Crippen LogP contribution in [-0.4, -0.2) is 52.1 Å². The van der Waals surface area contributed by atoms with Gasteiger partial charge in [-0.05, 0) is 50.5 Å². The molecule has 0 aromatic rings. The largest absolute Gasteiger partial charge is 0.339 e. The highest BCUT2D eigenvalue weighted by Gasteiger charge is 2.47. The summed E-state index contributed by atoms with van der Waals surface area (Å²) < 4.78 is 32.7. The highest BCUT2D eigenvalue weighted by molar-refractivity contribution is 5.77. The van der Waals surface area contributed by atoms with Crippen LogP contribution in [0.2, 0.25) is 0 Å². The molecule has 0 aliphatic carbocycles. The number of piperidine rings is 4. The standard InChI is InChI=1S/C15H24N2O.ClHO4/c18-15-6-3-5-14-11-8-12(10-17(14)15)13-4-1-2-7-16(13)9-11;2-1(3,4)5/h11-14H,1-10H2;(H,2,3,4,5)/t11?,12?,13-,14?;/m0./s1. The summed E-state index contributed by atoms with van der Waals surface area (Å²) >= 11 is 0. The predicted molar refractivity (Wildman–Crippen MR) is 72.4 cm³/mol. The van der Waals surface area contributed by atoms with Crippen LogP contribution in [0.5, 0.6) is 0 Å². The Labute approximate surface area is 138 Å². The Morgan fingerprint density at radius 2 is 1.65 bits per heavy atom. The number of carbonyl (C=O) groups excluding carboxylic acids is 1. The van der Waals surface area contributed by atoms with E-state index in [1.165, 1.54) is 45.2 Å². The van der Waals surface area contributed by atoms with E-state index in [-0.39, 0.29) is 0 Å². The minimum absolute atomic E-state index is 0.449. The fourth-order valence-corrected chi connectivity index (χ4v) is 5.10.